The van der Waals surface area contributed by atoms with Crippen molar-refractivity contribution in [2.24, 2.45) is 24.8 Å². The van der Waals surface area contributed by atoms with E-state index in [9.17, 15) is 9.59 Å². The lowest BCUT2D eigenvalue weighted by atomic mass is 10.0. The van der Waals surface area contributed by atoms with Crippen LogP contribution in [0.4, 0.5) is 0 Å². The summed E-state index contributed by atoms with van der Waals surface area (Å²) >= 11 is 0. The third-order valence-electron chi connectivity index (χ3n) is 5.96. The summed E-state index contributed by atoms with van der Waals surface area (Å²) in [5.74, 6) is 1.62. The number of likely N-dealkylation sites (N-methyl/N-ethyl adjacent to an activating group) is 1. The Morgan fingerprint density at radius 2 is 1.93 bits per heavy atom. The van der Waals surface area contributed by atoms with Crippen molar-refractivity contribution in [1.82, 2.24) is 19.8 Å². The molecule has 7 nitrogen and oxygen atoms in total. The number of nitrogens with zero attached hydrogens (tertiary/aromatic N) is 3. The molecule has 2 fully saturated rings. The lowest BCUT2D eigenvalue weighted by molar-refractivity contribution is -0.123. The monoisotopic (exact) mass is 376 g/mol. The van der Waals surface area contributed by atoms with Crippen LogP contribution in [0.1, 0.15) is 49.0 Å². The third kappa shape index (κ3) is 5.09. The van der Waals surface area contributed by atoms with E-state index in [1.54, 1.807) is 36.1 Å². The first-order valence-corrected chi connectivity index (χ1v) is 10.2. The number of fused-ring (bicyclic) bond motifs is 1. The number of hydrogen-bond acceptors (Lipinski definition) is 4. The Bertz CT molecular complexity index is 631. The van der Waals surface area contributed by atoms with Crippen LogP contribution in [0, 0.1) is 17.8 Å². The predicted molar refractivity (Wildman–Crippen MR) is 102 cm³/mol. The summed E-state index contributed by atoms with van der Waals surface area (Å²) in [6.07, 6.45) is 10.8. The van der Waals surface area contributed by atoms with Crippen LogP contribution < -0.4 is 5.32 Å². The second-order valence-electron chi connectivity index (χ2n) is 7.86. The van der Waals surface area contributed by atoms with Crippen LogP contribution in [0.5, 0.6) is 0 Å². The number of aromatic nitrogens is 2. The number of carbonyl (C=O) groups excluding carboxylic acids is 2. The van der Waals surface area contributed by atoms with Crippen molar-refractivity contribution in [1.29, 1.82) is 0 Å². The Labute approximate surface area is 161 Å². The van der Waals surface area contributed by atoms with Gasteiger partial charge in [-0.05, 0) is 24.7 Å². The second kappa shape index (κ2) is 9.35. The van der Waals surface area contributed by atoms with Crippen LogP contribution in [-0.2, 0) is 16.6 Å². The van der Waals surface area contributed by atoms with Gasteiger partial charge < -0.3 is 19.5 Å². The van der Waals surface area contributed by atoms with E-state index in [0.29, 0.717) is 43.8 Å². The molecular formula is C20H32N4O3. The number of amides is 2. The lowest BCUT2D eigenvalue weighted by Crippen LogP contribution is -2.33. The van der Waals surface area contributed by atoms with Crippen molar-refractivity contribution in [3.8, 4) is 0 Å². The maximum atomic E-state index is 12.4. The van der Waals surface area contributed by atoms with Crippen molar-refractivity contribution in [3.05, 3.63) is 18.2 Å². The van der Waals surface area contributed by atoms with E-state index in [2.05, 4.69) is 10.3 Å². The molecule has 0 aromatic carbocycles. The Kier molecular flexibility index (Phi) is 6.88. The fraction of sp³-hybridized carbons (Fsp3) is 0.750. The van der Waals surface area contributed by atoms with Gasteiger partial charge in [0.1, 0.15) is 5.69 Å². The van der Waals surface area contributed by atoms with Gasteiger partial charge in [-0.15, -0.1) is 0 Å². The SMILES string of the molecule is CN(CCOCCNC(=O)C1C2CCCCCCC21)C(=O)c1cncn1C. The molecule has 0 radical (unpaired) electrons. The van der Waals surface area contributed by atoms with Crippen molar-refractivity contribution in [3.63, 3.8) is 0 Å². The van der Waals surface area contributed by atoms with Gasteiger partial charge in [0.25, 0.3) is 5.91 Å². The van der Waals surface area contributed by atoms with Crippen molar-refractivity contribution >= 4 is 11.8 Å². The molecule has 0 bridgehead atoms. The Balaban J connectivity index is 1.27. The first-order valence-electron chi connectivity index (χ1n) is 10.2. The van der Waals surface area contributed by atoms with Crippen LogP contribution in [0.3, 0.4) is 0 Å². The maximum Gasteiger partial charge on any atom is 0.271 e. The molecule has 0 saturated heterocycles. The van der Waals surface area contributed by atoms with Gasteiger partial charge in [0.15, 0.2) is 0 Å². The zero-order valence-corrected chi connectivity index (χ0v) is 16.5. The van der Waals surface area contributed by atoms with E-state index in [-0.39, 0.29) is 17.7 Å². The number of nitrogens with one attached hydrogen (secondary N) is 1. The Hall–Kier alpha value is -1.89. The van der Waals surface area contributed by atoms with Gasteiger partial charge in [-0.25, -0.2) is 4.98 Å². The molecule has 1 aromatic heterocycles. The van der Waals surface area contributed by atoms with E-state index in [0.717, 1.165) is 0 Å². The molecule has 2 saturated carbocycles. The summed E-state index contributed by atoms with van der Waals surface area (Å²) in [6, 6.07) is 0. The highest BCUT2D eigenvalue weighted by molar-refractivity contribution is 5.92. The van der Waals surface area contributed by atoms with Crippen LogP contribution in [0.2, 0.25) is 0 Å². The molecular weight excluding hydrogens is 344 g/mol. The molecule has 3 rings (SSSR count). The van der Waals surface area contributed by atoms with Crippen LogP contribution in [0.25, 0.3) is 0 Å². The van der Waals surface area contributed by atoms with Crippen molar-refractivity contribution < 1.29 is 14.3 Å². The molecule has 2 unspecified atom stereocenters. The molecule has 2 aliphatic rings. The van der Waals surface area contributed by atoms with Gasteiger partial charge in [0.05, 0.1) is 25.7 Å². The Morgan fingerprint density at radius 1 is 1.22 bits per heavy atom. The molecule has 1 aromatic rings. The quantitative estimate of drug-likeness (QED) is 0.703. The van der Waals surface area contributed by atoms with Gasteiger partial charge in [0, 0.05) is 33.1 Å². The minimum Gasteiger partial charge on any atom is -0.378 e. The molecule has 2 atom stereocenters. The molecule has 7 heteroatoms. The molecule has 2 aliphatic carbocycles. The average molecular weight is 377 g/mol. The highest BCUT2D eigenvalue weighted by Crippen LogP contribution is 2.53. The number of hydrogen-bond donors (Lipinski definition) is 1. The molecule has 1 N–H and O–H groups in total. The minimum absolute atomic E-state index is 0.0740. The number of imidazole rings is 1. The van der Waals surface area contributed by atoms with Crippen LogP contribution in [-0.4, -0.2) is 59.6 Å². The summed E-state index contributed by atoms with van der Waals surface area (Å²) in [7, 11) is 3.55. The second-order valence-corrected chi connectivity index (χ2v) is 7.86. The highest BCUT2D eigenvalue weighted by atomic mass is 16.5. The fourth-order valence-electron chi connectivity index (χ4n) is 4.26. The topological polar surface area (TPSA) is 76.5 Å². The zero-order chi connectivity index (χ0) is 19.2. The zero-order valence-electron chi connectivity index (χ0n) is 16.5. The molecule has 0 spiro atoms. The molecule has 2 amide bonds. The number of ether oxygens (including phenoxy) is 1. The summed E-state index contributed by atoms with van der Waals surface area (Å²) in [5, 5.41) is 3.03. The van der Waals surface area contributed by atoms with Gasteiger partial charge in [-0.2, -0.15) is 0 Å². The van der Waals surface area contributed by atoms with E-state index in [4.69, 9.17) is 4.74 Å². The van der Waals surface area contributed by atoms with E-state index in [1.807, 2.05) is 0 Å². The standard InChI is InChI=1S/C20H32N4O3/c1-23(20(26)17-13-21-14-24(17)2)10-12-27-11-9-22-19(25)18-15-7-5-3-4-6-8-16(15)18/h13-16,18H,3-12H2,1-2H3,(H,22,25). The van der Waals surface area contributed by atoms with E-state index >= 15 is 0 Å². The minimum atomic E-state index is -0.0740. The summed E-state index contributed by atoms with van der Waals surface area (Å²) in [4.78, 5) is 30.2. The van der Waals surface area contributed by atoms with Gasteiger partial charge >= 0.3 is 0 Å². The summed E-state index contributed by atoms with van der Waals surface area (Å²) in [6.45, 7) is 1.96. The highest BCUT2D eigenvalue weighted by Gasteiger charge is 2.53. The molecule has 150 valence electrons. The molecule has 1 heterocycles. The maximum absolute atomic E-state index is 12.4. The van der Waals surface area contributed by atoms with E-state index in [1.165, 1.54) is 38.5 Å². The smallest absolute Gasteiger partial charge is 0.271 e. The first-order chi connectivity index (χ1) is 13.1. The third-order valence-corrected chi connectivity index (χ3v) is 5.96. The van der Waals surface area contributed by atoms with Crippen molar-refractivity contribution in [2.45, 2.75) is 38.5 Å². The molecule has 0 aliphatic heterocycles. The van der Waals surface area contributed by atoms with Crippen LogP contribution in [0.15, 0.2) is 12.5 Å². The number of carbonyl (C=O) groups is 2. The largest absolute Gasteiger partial charge is 0.378 e. The Morgan fingerprint density at radius 3 is 2.56 bits per heavy atom. The summed E-state index contributed by atoms with van der Waals surface area (Å²) in [5.41, 5.74) is 0.558. The fourth-order valence-corrected chi connectivity index (χ4v) is 4.26. The van der Waals surface area contributed by atoms with Gasteiger partial charge in [0.2, 0.25) is 5.91 Å². The number of rotatable bonds is 8. The van der Waals surface area contributed by atoms with Crippen molar-refractivity contribution in [2.75, 3.05) is 33.4 Å². The van der Waals surface area contributed by atoms with Crippen LogP contribution >= 0.6 is 0 Å². The van der Waals surface area contributed by atoms with Gasteiger partial charge in [-0.3, -0.25) is 9.59 Å². The van der Waals surface area contributed by atoms with Gasteiger partial charge in [-0.1, -0.05) is 25.7 Å². The average Bonchev–Trinajstić information content (AvgIpc) is 3.11. The lowest BCUT2D eigenvalue weighted by Gasteiger charge is -2.17. The first kappa shape index (κ1) is 19.9. The number of aryl methyl sites for hydroxylation is 1. The summed E-state index contributed by atoms with van der Waals surface area (Å²) < 4.78 is 7.28. The molecule has 27 heavy (non-hydrogen) atoms. The predicted octanol–water partition coefficient (Wildman–Crippen LogP) is 1.84. The van der Waals surface area contributed by atoms with E-state index < -0.39 is 0 Å². The normalized spacial score (nSPS) is 24.4.